The van der Waals surface area contributed by atoms with Gasteiger partial charge in [-0.15, -0.1) is 0 Å². The van der Waals surface area contributed by atoms with Crippen LogP contribution in [0.5, 0.6) is 11.5 Å². The van der Waals surface area contributed by atoms with Crippen LogP contribution in [0, 0.1) is 13.8 Å². The van der Waals surface area contributed by atoms with Gasteiger partial charge in [0.1, 0.15) is 0 Å². The van der Waals surface area contributed by atoms with Gasteiger partial charge in [-0.2, -0.15) is 5.10 Å². The number of nitrogens with one attached hydrogen (secondary N) is 2. The first-order chi connectivity index (χ1) is 12.9. The van der Waals surface area contributed by atoms with Gasteiger partial charge in [0, 0.05) is 5.69 Å². The Labute approximate surface area is 163 Å². The minimum Gasteiger partial charge on any atom is -0.493 e. The maximum Gasteiger partial charge on any atom is 0.262 e. The summed E-state index contributed by atoms with van der Waals surface area (Å²) in [6.45, 7) is 3.87. The Morgan fingerprint density at radius 2 is 1.96 bits per heavy atom. The number of ether oxygens (including phenoxy) is 2. The molecule has 0 bridgehead atoms. The topological polar surface area (TPSA) is 98.0 Å². The molecular formula is C19H22N4O3S. The average molecular weight is 386 g/mol. The average Bonchev–Trinajstić information content (AvgIpc) is 2.63. The number of benzene rings is 2. The number of carbonyl (C=O) groups is 1. The summed E-state index contributed by atoms with van der Waals surface area (Å²) in [4.78, 5) is 12.1. The lowest BCUT2D eigenvalue weighted by molar-refractivity contribution is -0.118. The zero-order valence-electron chi connectivity index (χ0n) is 15.4. The maximum atomic E-state index is 12.1. The van der Waals surface area contributed by atoms with Crippen molar-refractivity contribution in [1.29, 1.82) is 0 Å². The number of hydrazone groups is 1. The fourth-order valence-corrected chi connectivity index (χ4v) is 2.27. The van der Waals surface area contributed by atoms with E-state index >= 15 is 0 Å². The predicted molar refractivity (Wildman–Crippen MR) is 111 cm³/mol. The molecule has 27 heavy (non-hydrogen) atoms. The molecule has 2 aromatic carbocycles. The number of nitrogens with two attached hydrogens (primary N) is 1. The molecule has 0 atom stereocenters. The molecule has 8 heteroatoms. The second-order valence-electron chi connectivity index (χ2n) is 5.78. The fourth-order valence-electron chi connectivity index (χ4n) is 2.21. The summed E-state index contributed by atoms with van der Waals surface area (Å²) in [6.07, 6.45) is 1.54. The second-order valence-corrected chi connectivity index (χ2v) is 6.22. The van der Waals surface area contributed by atoms with E-state index in [2.05, 4.69) is 28.1 Å². The zero-order valence-corrected chi connectivity index (χ0v) is 16.2. The van der Waals surface area contributed by atoms with Gasteiger partial charge >= 0.3 is 0 Å². The van der Waals surface area contributed by atoms with Crippen LogP contribution in [0.2, 0.25) is 0 Å². The summed E-state index contributed by atoms with van der Waals surface area (Å²) < 4.78 is 10.9. The number of amides is 1. The van der Waals surface area contributed by atoms with Crippen molar-refractivity contribution in [2.75, 3.05) is 19.0 Å². The van der Waals surface area contributed by atoms with Crippen molar-refractivity contribution in [2.45, 2.75) is 13.8 Å². The van der Waals surface area contributed by atoms with Gasteiger partial charge in [0.15, 0.2) is 23.2 Å². The molecule has 4 N–H and O–H groups in total. The molecule has 0 aromatic heterocycles. The molecule has 0 unspecified atom stereocenters. The quantitative estimate of drug-likeness (QED) is 0.384. The normalized spacial score (nSPS) is 10.5. The summed E-state index contributed by atoms with van der Waals surface area (Å²) >= 11 is 4.67. The number of methoxy groups -OCH3 is 1. The Bertz CT molecular complexity index is 868. The van der Waals surface area contributed by atoms with Crippen LogP contribution in [0.4, 0.5) is 5.69 Å². The van der Waals surface area contributed by atoms with Gasteiger partial charge in [-0.25, -0.2) is 0 Å². The highest BCUT2D eigenvalue weighted by atomic mass is 32.1. The predicted octanol–water partition coefficient (Wildman–Crippen LogP) is 2.50. The van der Waals surface area contributed by atoms with Gasteiger partial charge < -0.3 is 20.5 Å². The van der Waals surface area contributed by atoms with Crippen molar-refractivity contribution in [3.63, 3.8) is 0 Å². The van der Waals surface area contributed by atoms with E-state index in [0.717, 1.165) is 16.8 Å². The SMILES string of the molecule is COc1cc(/C=N\NC(N)=S)ccc1OCC(=O)Nc1ccc(C)c(C)c1. The first-order valence-corrected chi connectivity index (χ1v) is 8.56. The molecule has 0 aliphatic carbocycles. The van der Waals surface area contributed by atoms with Gasteiger partial charge in [0.25, 0.3) is 5.91 Å². The first kappa shape index (κ1) is 20.2. The lowest BCUT2D eigenvalue weighted by Gasteiger charge is -2.12. The number of anilines is 1. The maximum absolute atomic E-state index is 12.1. The minimum atomic E-state index is -0.258. The second kappa shape index (κ2) is 9.54. The van der Waals surface area contributed by atoms with Crippen molar-refractivity contribution < 1.29 is 14.3 Å². The Hall–Kier alpha value is -3.13. The van der Waals surface area contributed by atoms with E-state index < -0.39 is 0 Å². The highest BCUT2D eigenvalue weighted by Crippen LogP contribution is 2.27. The molecule has 0 saturated heterocycles. The molecule has 0 heterocycles. The Morgan fingerprint density at radius 3 is 2.63 bits per heavy atom. The van der Waals surface area contributed by atoms with E-state index in [9.17, 15) is 4.79 Å². The molecule has 7 nitrogen and oxygen atoms in total. The van der Waals surface area contributed by atoms with Gasteiger partial charge in [0.2, 0.25) is 0 Å². The molecule has 2 aromatic rings. The molecule has 0 aliphatic heterocycles. The van der Waals surface area contributed by atoms with Crippen LogP contribution in [0.3, 0.4) is 0 Å². The van der Waals surface area contributed by atoms with Gasteiger partial charge in [-0.05, 0) is 73.1 Å². The summed E-state index contributed by atoms with van der Waals surface area (Å²) in [5, 5.41) is 6.76. The number of thiocarbonyl (C=S) groups is 1. The van der Waals surface area contributed by atoms with Crippen LogP contribution in [0.1, 0.15) is 16.7 Å². The minimum absolute atomic E-state index is 0.0768. The van der Waals surface area contributed by atoms with Crippen molar-refractivity contribution in [3.05, 3.63) is 53.1 Å². The third-order valence-corrected chi connectivity index (χ3v) is 3.82. The summed E-state index contributed by atoms with van der Waals surface area (Å²) in [7, 11) is 1.52. The molecule has 1 amide bonds. The van der Waals surface area contributed by atoms with Gasteiger partial charge in [-0.3, -0.25) is 10.2 Å². The monoisotopic (exact) mass is 386 g/mol. The number of nitrogens with zero attached hydrogens (tertiary/aromatic N) is 1. The van der Waals surface area contributed by atoms with Crippen LogP contribution in [-0.2, 0) is 4.79 Å². The van der Waals surface area contributed by atoms with Gasteiger partial charge in [-0.1, -0.05) is 6.07 Å². The van der Waals surface area contributed by atoms with Crippen molar-refractivity contribution in [3.8, 4) is 11.5 Å². The molecule has 0 fully saturated rings. The van der Waals surface area contributed by atoms with Crippen molar-refractivity contribution in [2.24, 2.45) is 10.8 Å². The molecule has 142 valence electrons. The Kier molecular flexibility index (Phi) is 7.13. The van der Waals surface area contributed by atoms with Crippen molar-refractivity contribution >= 4 is 35.1 Å². The number of aryl methyl sites for hydroxylation is 2. The summed E-state index contributed by atoms with van der Waals surface area (Å²) in [5.74, 6) is 0.673. The summed E-state index contributed by atoms with van der Waals surface area (Å²) in [6, 6.07) is 10.9. The third-order valence-electron chi connectivity index (χ3n) is 3.73. The van der Waals surface area contributed by atoms with E-state index in [-0.39, 0.29) is 17.6 Å². The first-order valence-electron chi connectivity index (χ1n) is 8.15. The zero-order chi connectivity index (χ0) is 19.8. The van der Waals surface area contributed by atoms with E-state index in [1.54, 1.807) is 18.2 Å². The highest BCUT2D eigenvalue weighted by Gasteiger charge is 2.09. The van der Waals surface area contributed by atoms with Crippen LogP contribution >= 0.6 is 12.2 Å². The number of hydrogen-bond acceptors (Lipinski definition) is 5. The fraction of sp³-hybridized carbons (Fsp3) is 0.211. The molecule has 0 radical (unpaired) electrons. The molecule has 2 rings (SSSR count). The number of carbonyl (C=O) groups excluding carboxylic acids is 1. The largest absolute Gasteiger partial charge is 0.493 e. The standard InChI is InChI=1S/C19H22N4O3S/c1-12-4-6-15(8-13(12)2)22-18(24)11-26-16-7-5-14(9-17(16)25-3)10-21-23-19(20)27/h4-10H,11H2,1-3H3,(H,22,24)(H3,20,23,27)/b21-10-. The van der Waals surface area contributed by atoms with E-state index in [0.29, 0.717) is 11.5 Å². The van der Waals surface area contributed by atoms with E-state index in [4.69, 9.17) is 15.2 Å². The molecular weight excluding hydrogens is 364 g/mol. The van der Waals surface area contributed by atoms with Gasteiger partial charge in [0.05, 0.1) is 13.3 Å². The smallest absolute Gasteiger partial charge is 0.262 e. The summed E-state index contributed by atoms with van der Waals surface area (Å²) in [5.41, 5.74) is 11.5. The van der Waals surface area contributed by atoms with Crippen LogP contribution in [-0.4, -0.2) is 31.0 Å². The third kappa shape index (κ3) is 6.27. The molecule has 0 spiro atoms. The highest BCUT2D eigenvalue weighted by molar-refractivity contribution is 7.80. The molecule has 0 saturated carbocycles. The lowest BCUT2D eigenvalue weighted by Crippen LogP contribution is -2.24. The van der Waals surface area contributed by atoms with E-state index in [1.807, 2.05) is 32.0 Å². The lowest BCUT2D eigenvalue weighted by atomic mass is 10.1. The van der Waals surface area contributed by atoms with Crippen LogP contribution in [0.15, 0.2) is 41.5 Å². The molecule has 0 aliphatic rings. The number of rotatable bonds is 7. The van der Waals surface area contributed by atoms with Crippen LogP contribution < -0.4 is 25.9 Å². The van der Waals surface area contributed by atoms with Crippen LogP contribution in [0.25, 0.3) is 0 Å². The Morgan fingerprint density at radius 1 is 1.19 bits per heavy atom. The van der Waals surface area contributed by atoms with E-state index in [1.165, 1.54) is 18.9 Å². The number of hydrogen-bond donors (Lipinski definition) is 3. The van der Waals surface area contributed by atoms with Crippen molar-refractivity contribution in [1.82, 2.24) is 5.43 Å². The Balaban J connectivity index is 1.97.